The van der Waals surface area contributed by atoms with Crippen LogP contribution in [0.4, 0.5) is 4.79 Å². The number of hydrogen-bond donors (Lipinski definition) is 3. The number of nitrogens with one attached hydrogen (secondary N) is 2. The van der Waals surface area contributed by atoms with Gasteiger partial charge in [0.1, 0.15) is 5.75 Å². The molecule has 5 heteroatoms. The quantitative estimate of drug-likeness (QED) is 0.720. The molecular weight excluding hydrogens is 316 g/mol. The molecule has 0 fully saturated rings. The van der Waals surface area contributed by atoms with Crippen molar-refractivity contribution in [2.24, 2.45) is 0 Å². The third kappa shape index (κ3) is 6.12. The minimum Gasteiger partial charge on any atom is -0.491 e. The van der Waals surface area contributed by atoms with E-state index in [2.05, 4.69) is 10.6 Å². The molecule has 2 amide bonds. The third-order valence-corrected chi connectivity index (χ3v) is 3.74. The Hall–Kier alpha value is -2.53. The number of rotatable bonds is 7. The molecule has 2 atom stereocenters. The van der Waals surface area contributed by atoms with Gasteiger partial charge in [-0.15, -0.1) is 0 Å². The molecule has 0 bridgehead atoms. The van der Waals surface area contributed by atoms with Gasteiger partial charge in [-0.25, -0.2) is 4.79 Å². The Balaban J connectivity index is 1.80. The molecule has 0 heterocycles. The fraction of sp³-hybridized carbons (Fsp3) is 0.350. The molecule has 5 nitrogen and oxygen atoms in total. The lowest BCUT2D eigenvalue weighted by Gasteiger charge is -2.17. The van der Waals surface area contributed by atoms with Crippen LogP contribution in [0.25, 0.3) is 0 Å². The normalized spacial score (nSPS) is 13.2. The number of benzene rings is 2. The number of carbonyl (C=O) groups excluding carboxylic acids is 1. The molecule has 0 aromatic heterocycles. The Morgan fingerprint density at radius 3 is 2.24 bits per heavy atom. The molecule has 3 N–H and O–H groups in total. The fourth-order valence-corrected chi connectivity index (χ4v) is 2.42. The second-order valence-electron chi connectivity index (χ2n) is 6.24. The highest BCUT2D eigenvalue weighted by molar-refractivity contribution is 5.74. The van der Waals surface area contributed by atoms with E-state index < -0.39 is 6.10 Å². The summed E-state index contributed by atoms with van der Waals surface area (Å²) in [7, 11) is 0. The Labute approximate surface area is 149 Å². The molecule has 0 spiro atoms. The maximum absolute atomic E-state index is 12.0. The zero-order chi connectivity index (χ0) is 18.2. The largest absolute Gasteiger partial charge is 0.491 e. The monoisotopic (exact) mass is 342 g/mol. The number of carbonyl (C=O) groups is 1. The van der Waals surface area contributed by atoms with Gasteiger partial charge in [0.05, 0.1) is 18.2 Å². The van der Waals surface area contributed by atoms with Crippen molar-refractivity contribution < 1.29 is 14.6 Å². The van der Waals surface area contributed by atoms with E-state index >= 15 is 0 Å². The molecular formula is C20H26N2O3. The van der Waals surface area contributed by atoms with E-state index in [-0.39, 0.29) is 24.7 Å². The molecule has 134 valence electrons. The number of aliphatic hydroxyl groups is 1. The SMILES string of the molecule is CC(C)Oc1ccc(C(O)CNC(=O)NC(C)c2ccccc2)cc1. The van der Waals surface area contributed by atoms with Gasteiger partial charge in [-0.2, -0.15) is 0 Å². The van der Waals surface area contributed by atoms with Crippen molar-refractivity contribution in [1.82, 2.24) is 10.6 Å². The van der Waals surface area contributed by atoms with Crippen LogP contribution < -0.4 is 15.4 Å². The smallest absolute Gasteiger partial charge is 0.315 e. The van der Waals surface area contributed by atoms with Crippen LogP contribution in [0.15, 0.2) is 54.6 Å². The summed E-state index contributed by atoms with van der Waals surface area (Å²) in [6, 6.07) is 16.5. The number of urea groups is 1. The Kier molecular flexibility index (Phi) is 6.83. The lowest BCUT2D eigenvalue weighted by atomic mass is 10.1. The van der Waals surface area contributed by atoms with Crippen molar-refractivity contribution in [1.29, 1.82) is 0 Å². The average molecular weight is 342 g/mol. The third-order valence-electron chi connectivity index (χ3n) is 3.74. The number of aliphatic hydroxyl groups excluding tert-OH is 1. The van der Waals surface area contributed by atoms with E-state index in [1.807, 2.05) is 63.2 Å². The van der Waals surface area contributed by atoms with Crippen molar-refractivity contribution in [2.45, 2.75) is 39.0 Å². The Morgan fingerprint density at radius 2 is 1.64 bits per heavy atom. The van der Waals surface area contributed by atoms with Gasteiger partial charge in [0, 0.05) is 6.54 Å². The summed E-state index contributed by atoms with van der Waals surface area (Å²) in [5.41, 5.74) is 1.76. The zero-order valence-corrected chi connectivity index (χ0v) is 14.9. The maximum atomic E-state index is 12.0. The van der Waals surface area contributed by atoms with Crippen LogP contribution in [0, 0.1) is 0 Å². The highest BCUT2D eigenvalue weighted by Crippen LogP contribution is 2.18. The second kappa shape index (κ2) is 9.08. The first-order valence-electron chi connectivity index (χ1n) is 8.49. The first-order chi connectivity index (χ1) is 12.0. The van der Waals surface area contributed by atoms with Gasteiger partial charge < -0.3 is 20.5 Å². The van der Waals surface area contributed by atoms with Crippen LogP contribution in [0.1, 0.15) is 44.0 Å². The van der Waals surface area contributed by atoms with Crippen LogP contribution in [0.2, 0.25) is 0 Å². The molecule has 2 unspecified atom stereocenters. The number of ether oxygens (including phenoxy) is 1. The van der Waals surface area contributed by atoms with Gasteiger partial charge in [0.2, 0.25) is 0 Å². The van der Waals surface area contributed by atoms with Crippen LogP contribution in [-0.4, -0.2) is 23.8 Å². The van der Waals surface area contributed by atoms with Gasteiger partial charge in [-0.05, 0) is 44.0 Å². The Morgan fingerprint density at radius 1 is 1.00 bits per heavy atom. The van der Waals surface area contributed by atoms with Crippen molar-refractivity contribution >= 4 is 6.03 Å². The summed E-state index contributed by atoms with van der Waals surface area (Å²) >= 11 is 0. The summed E-state index contributed by atoms with van der Waals surface area (Å²) < 4.78 is 5.57. The van der Waals surface area contributed by atoms with Gasteiger partial charge >= 0.3 is 6.03 Å². The minimum absolute atomic E-state index is 0.104. The molecule has 0 saturated heterocycles. The molecule has 2 rings (SSSR count). The summed E-state index contributed by atoms with van der Waals surface area (Å²) in [5, 5.41) is 15.8. The van der Waals surface area contributed by atoms with Gasteiger partial charge in [0.15, 0.2) is 0 Å². The van der Waals surface area contributed by atoms with Crippen LogP contribution in [0.5, 0.6) is 5.75 Å². The average Bonchev–Trinajstić information content (AvgIpc) is 2.60. The minimum atomic E-state index is -0.772. The van der Waals surface area contributed by atoms with E-state index in [4.69, 9.17) is 4.74 Å². The molecule has 0 radical (unpaired) electrons. The fourth-order valence-electron chi connectivity index (χ4n) is 2.42. The summed E-state index contributed by atoms with van der Waals surface area (Å²) in [5.74, 6) is 0.758. The van der Waals surface area contributed by atoms with E-state index in [1.54, 1.807) is 12.1 Å². The molecule has 0 aliphatic carbocycles. The number of amides is 2. The highest BCUT2D eigenvalue weighted by atomic mass is 16.5. The molecule has 2 aromatic rings. The van der Waals surface area contributed by atoms with Gasteiger partial charge in [-0.1, -0.05) is 42.5 Å². The van der Waals surface area contributed by atoms with Crippen molar-refractivity contribution in [3.8, 4) is 5.75 Å². The lowest BCUT2D eigenvalue weighted by Crippen LogP contribution is -2.39. The summed E-state index contributed by atoms with van der Waals surface area (Å²) in [6.07, 6.45) is -0.668. The number of hydrogen-bond acceptors (Lipinski definition) is 3. The van der Waals surface area contributed by atoms with Gasteiger partial charge in [0.25, 0.3) is 0 Å². The zero-order valence-electron chi connectivity index (χ0n) is 14.9. The van der Waals surface area contributed by atoms with Crippen LogP contribution in [-0.2, 0) is 0 Å². The van der Waals surface area contributed by atoms with E-state index in [9.17, 15) is 9.90 Å². The predicted octanol–water partition coefficient (Wildman–Crippen LogP) is 3.57. The summed E-state index contributed by atoms with van der Waals surface area (Å²) in [6.45, 7) is 5.97. The molecule has 0 saturated carbocycles. The van der Waals surface area contributed by atoms with E-state index in [1.165, 1.54) is 0 Å². The standard InChI is InChI=1S/C20H26N2O3/c1-14(2)25-18-11-9-17(10-12-18)19(23)13-21-20(24)22-15(3)16-7-5-4-6-8-16/h4-12,14-15,19,23H,13H2,1-3H3,(H2,21,22,24). The van der Waals surface area contributed by atoms with Crippen molar-refractivity contribution in [3.63, 3.8) is 0 Å². The highest BCUT2D eigenvalue weighted by Gasteiger charge is 2.12. The molecule has 0 aliphatic heterocycles. The predicted molar refractivity (Wildman–Crippen MR) is 98.6 cm³/mol. The second-order valence-corrected chi connectivity index (χ2v) is 6.24. The maximum Gasteiger partial charge on any atom is 0.315 e. The van der Waals surface area contributed by atoms with Crippen LogP contribution in [0.3, 0.4) is 0 Å². The first kappa shape index (κ1) is 18.8. The van der Waals surface area contributed by atoms with E-state index in [0.717, 1.165) is 16.9 Å². The topological polar surface area (TPSA) is 70.6 Å². The van der Waals surface area contributed by atoms with Crippen molar-refractivity contribution in [2.75, 3.05) is 6.54 Å². The molecule has 0 aliphatic rings. The lowest BCUT2D eigenvalue weighted by molar-refractivity contribution is 0.172. The Bertz CT molecular complexity index is 656. The first-order valence-corrected chi connectivity index (χ1v) is 8.49. The van der Waals surface area contributed by atoms with E-state index in [0.29, 0.717) is 0 Å². The molecule has 25 heavy (non-hydrogen) atoms. The van der Waals surface area contributed by atoms with Gasteiger partial charge in [-0.3, -0.25) is 0 Å². The molecule has 2 aromatic carbocycles. The van der Waals surface area contributed by atoms with Crippen LogP contribution >= 0.6 is 0 Å². The summed E-state index contributed by atoms with van der Waals surface area (Å²) in [4.78, 5) is 12.0. The van der Waals surface area contributed by atoms with Crippen molar-refractivity contribution in [3.05, 3.63) is 65.7 Å².